The van der Waals surface area contributed by atoms with Crippen LogP contribution in [-0.4, -0.2) is 19.6 Å². The molecule has 20 heavy (non-hydrogen) atoms. The second kappa shape index (κ2) is 7.12. The number of benzene rings is 1. The van der Waals surface area contributed by atoms with Gasteiger partial charge in [-0.3, -0.25) is 0 Å². The molecule has 1 fully saturated rings. The minimum absolute atomic E-state index is 0.835. The van der Waals surface area contributed by atoms with Crippen molar-refractivity contribution in [2.24, 2.45) is 11.8 Å². The monoisotopic (exact) mass is 274 g/mol. The van der Waals surface area contributed by atoms with Gasteiger partial charge in [0.1, 0.15) is 0 Å². The van der Waals surface area contributed by atoms with Crippen molar-refractivity contribution in [3.8, 4) is 0 Å². The molecule has 1 heterocycles. The van der Waals surface area contributed by atoms with Gasteiger partial charge in [-0.1, -0.05) is 26.8 Å². The summed E-state index contributed by atoms with van der Waals surface area (Å²) in [6.45, 7) is 13.6. The van der Waals surface area contributed by atoms with Crippen LogP contribution in [0.5, 0.6) is 0 Å². The van der Waals surface area contributed by atoms with E-state index in [1.165, 1.54) is 42.7 Å². The van der Waals surface area contributed by atoms with Crippen molar-refractivity contribution in [1.82, 2.24) is 5.32 Å². The molecule has 2 rings (SSSR count). The molecule has 0 aliphatic carbocycles. The lowest BCUT2D eigenvalue weighted by atomic mass is 9.86. The highest BCUT2D eigenvalue weighted by molar-refractivity contribution is 5.51. The fourth-order valence-electron chi connectivity index (χ4n) is 3.16. The van der Waals surface area contributed by atoms with Crippen molar-refractivity contribution in [3.63, 3.8) is 0 Å². The molecule has 1 aromatic rings. The van der Waals surface area contributed by atoms with Crippen LogP contribution in [0.15, 0.2) is 18.2 Å². The second-order valence-corrected chi connectivity index (χ2v) is 6.46. The lowest BCUT2D eigenvalue weighted by Crippen LogP contribution is -2.35. The van der Waals surface area contributed by atoms with Crippen molar-refractivity contribution in [3.05, 3.63) is 29.3 Å². The summed E-state index contributed by atoms with van der Waals surface area (Å²) in [5.41, 5.74) is 4.24. The maximum atomic E-state index is 3.41. The molecule has 0 spiro atoms. The Morgan fingerprint density at radius 3 is 2.50 bits per heavy atom. The van der Waals surface area contributed by atoms with Crippen LogP contribution >= 0.6 is 0 Å². The molecule has 0 atom stereocenters. The first kappa shape index (κ1) is 15.4. The van der Waals surface area contributed by atoms with Gasteiger partial charge in [0, 0.05) is 25.3 Å². The molecule has 0 bridgehead atoms. The number of aryl methyl sites for hydroxylation is 1. The van der Waals surface area contributed by atoms with Gasteiger partial charge in [0.2, 0.25) is 0 Å². The lowest BCUT2D eigenvalue weighted by molar-refractivity contribution is 0.311. The summed E-state index contributed by atoms with van der Waals surface area (Å²) in [7, 11) is 0. The van der Waals surface area contributed by atoms with E-state index in [4.69, 9.17) is 0 Å². The van der Waals surface area contributed by atoms with Gasteiger partial charge in [-0.05, 0) is 61.4 Å². The quantitative estimate of drug-likeness (QED) is 0.874. The Morgan fingerprint density at radius 1 is 1.25 bits per heavy atom. The first-order valence-electron chi connectivity index (χ1n) is 8.17. The third-order valence-electron chi connectivity index (χ3n) is 4.74. The number of anilines is 1. The minimum Gasteiger partial charge on any atom is -0.372 e. The zero-order chi connectivity index (χ0) is 14.5. The molecule has 1 aliphatic rings. The van der Waals surface area contributed by atoms with Gasteiger partial charge in [0.25, 0.3) is 0 Å². The van der Waals surface area contributed by atoms with E-state index in [1.54, 1.807) is 0 Å². The highest BCUT2D eigenvalue weighted by atomic mass is 15.1. The average Bonchev–Trinajstić information content (AvgIpc) is 2.46. The fraction of sp³-hybridized carbons (Fsp3) is 0.667. The number of rotatable bonds is 5. The Bertz CT molecular complexity index is 417. The normalized spacial score (nSPS) is 16.9. The van der Waals surface area contributed by atoms with Crippen LogP contribution < -0.4 is 10.2 Å². The van der Waals surface area contributed by atoms with Crippen molar-refractivity contribution >= 4 is 5.69 Å². The molecule has 0 radical (unpaired) electrons. The standard InChI is InChI=1S/C18H30N2/c1-5-19-13-17-6-7-18(12-15(17)4)20-10-8-16(9-11-20)14(2)3/h6-7,12,14,16,19H,5,8-11,13H2,1-4H3. The van der Waals surface area contributed by atoms with Crippen LogP contribution in [0.25, 0.3) is 0 Å². The number of nitrogens with zero attached hydrogens (tertiary/aromatic N) is 1. The minimum atomic E-state index is 0.835. The number of piperidine rings is 1. The molecule has 0 unspecified atom stereocenters. The van der Waals surface area contributed by atoms with Crippen LogP contribution in [0.3, 0.4) is 0 Å². The van der Waals surface area contributed by atoms with Gasteiger partial charge in [-0.2, -0.15) is 0 Å². The summed E-state index contributed by atoms with van der Waals surface area (Å²) < 4.78 is 0. The van der Waals surface area contributed by atoms with Crippen LogP contribution in [0.4, 0.5) is 5.69 Å². The molecular weight excluding hydrogens is 244 g/mol. The Morgan fingerprint density at radius 2 is 1.95 bits per heavy atom. The maximum absolute atomic E-state index is 3.41. The summed E-state index contributed by atoms with van der Waals surface area (Å²) in [6.07, 6.45) is 2.69. The molecule has 1 N–H and O–H groups in total. The van der Waals surface area contributed by atoms with Crippen LogP contribution in [0.1, 0.15) is 44.7 Å². The van der Waals surface area contributed by atoms with E-state index in [1.807, 2.05) is 0 Å². The van der Waals surface area contributed by atoms with Crippen molar-refractivity contribution in [1.29, 1.82) is 0 Å². The molecule has 1 saturated heterocycles. The van der Waals surface area contributed by atoms with E-state index in [9.17, 15) is 0 Å². The first-order valence-corrected chi connectivity index (χ1v) is 8.17. The van der Waals surface area contributed by atoms with E-state index in [2.05, 4.69) is 56.1 Å². The highest BCUT2D eigenvalue weighted by Crippen LogP contribution is 2.28. The number of nitrogens with one attached hydrogen (secondary N) is 1. The van der Waals surface area contributed by atoms with E-state index >= 15 is 0 Å². The van der Waals surface area contributed by atoms with Crippen molar-refractivity contribution in [2.45, 2.75) is 47.1 Å². The molecule has 0 amide bonds. The first-order chi connectivity index (χ1) is 9.61. The highest BCUT2D eigenvalue weighted by Gasteiger charge is 2.21. The largest absolute Gasteiger partial charge is 0.372 e. The molecule has 1 aromatic carbocycles. The Balaban J connectivity index is 1.98. The SMILES string of the molecule is CCNCc1ccc(N2CCC(C(C)C)CC2)cc1C. The number of hydrogen-bond acceptors (Lipinski definition) is 2. The molecule has 2 nitrogen and oxygen atoms in total. The summed E-state index contributed by atoms with van der Waals surface area (Å²) in [4.78, 5) is 2.56. The van der Waals surface area contributed by atoms with Gasteiger partial charge in [0.05, 0.1) is 0 Å². The summed E-state index contributed by atoms with van der Waals surface area (Å²) in [5, 5.41) is 3.41. The molecular formula is C18H30N2. The Labute approximate surface area is 124 Å². The van der Waals surface area contributed by atoms with Crippen LogP contribution in [0, 0.1) is 18.8 Å². The molecule has 0 aromatic heterocycles. The zero-order valence-electron chi connectivity index (χ0n) is 13.6. The molecule has 0 saturated carbocycles. The second-order valence-electron chi connectivity index (χ2n) is 6.46. The predicted molar refractivity (Wildman–Crippen MR) is 88.3 cm³/mol. The van der Waals surface area contributed by atoms with Gasteiger partial charge in [-0.25, -0.2) is 0 Å². The van der Waals surface area contributed by atoms with E-state index in [0.717, 1.165) is 24.9 Å². The Kier molecular flexibility index (Phi) is 5.47. The summed E-state index contributed by atoms with van der Waals surface area (Å²) in [5.74, 6) is 1.75. The summed E-state index contributed by atoms with van der Waals surface area (Å²) >= 11 is 0. The van der Waals surface area contributed by atoms with E-state index in [0.29, 0.717) is 0 Å². The third-order valence-corrected chi connectivity index (χ3v) is 4.74. The van der Waals surface area contributed by atoms with Crippen LogP contribution in [0.2, 0.25) is 0 Å². The maximum Gasteiger partial charge on any atom is 0.0369 e. The molecule has 2 heteroatoms. The van der Waals surface area contributed by atoms with Gasteiger partial charge in [0.15, 0.2) is 0 Å². The van der Waals surface area contributed by atoms with Crippen LogP contribution in [-0.2, 0) is 6.54 Å². The van der Waals surface area contributed by atoms with Gasteiger partial charge < -0.3 is 10.2 Å². The topological polar surface area (TPSA) is 15.3 Å². The van der Waals surface area contributed by atoms with Gasteiger partial charge >= 0.3 is 0 Å². The van der Waals surface area contributed by atoms with Crippen molar-refractivity contribution < 1.29 is 0 Å². The smallest absolute Gasteiger partial charge is 0.0369 e. The molecule has 112 valence electrons. The Hall–Kier alpha value is -1.02. The number of hydrogen-bond donors (Lipinski definition) is 1. The van der Waals surface area contributed by atoms with Crippen molar-refractivity contribution in [2.75, 3.05) is 24.5 Å². The van der Waals surface area contributed by atoms with E-state index in [-0.39, 0.29) is 0 Å². The van der Waals surface area contributed by atoms with Gasteiger partial charge in [-0.15, -0.1) is 0 Å². The average molecular weight is 274 g/mol. The van der Waals surface area contributed by atoms with E-state index < -0.39 is 0 Å². The molecule has 1 aliphatic heterocycles. The zero-order valence-corrected chi connectivity index (χ0v) is 13.6. The predicted octanol–water partition coefficient (Wildman–Crippen LogP) is 3.98. The fourth-order valence-corrected chi connectivity index (χ4v) is 3.16. The lowest BCUT2D eigenvalue weighted by Gasteiger charge is -2.35. The summed E-state index contributed by atoms with van der Waals surface area (Å²) in [6, 6.07) is 6.96. The third kappa shape index (κ3) is 3.76.